The highest BCUT2D eigenvalue weighted by Gasteiger charge is 2.63. The average Bonchev–Trinajstić information content (AvgIpc) is 4.04. The van der Waals surface area contributed by atoms with E-state index in [9.17, 15) is 40.8 Å². The number of ether oxygens (including phenoxy) is 4. The zero-order valence-electron chi connectivity index (χ0n) is 32.6. The summed E-state index contributed by atoms with van der Waals surface area (Å²) in [6.07, 6.45) is -2.26. The number of aromatic nitrogens is 1. The Labute approximate surface area is 333 Å². The first-order chi connectivity index (χ1) is 27.3. The molecule has 15 nitrogen and oxygen atoms in total. The predicted octanol–water partition coefficient (Wildman–Crippen LogP) is 4.29. The highest BCUT2D eigenvalue weighted by Crippen LogP contribution is 2.48. The third-order valence-corrected chi connectivity index (χ3v) is 14.1. The first-order valence-electron chi connectivity index (χ1n) is 19.6. The number of carbonyl (C=O) groups is 4. The van der Waals surface area contributed by atoms with E-state index in [-0.39, 0.29) is 31.2 Å². The van der Waals surface area contributed by atoms with Gasteiger partial charge in [-0.05, 0) is 82.4 Å². The topological polar surface area (TPSA) is 192 Å². The molecule has 3 fully saturated rings. The van der Waals surface area contributed by atoms with Gasteiger partial charge >= 0.3 is 12.3 Å². The van der Waals surface area contributed by atoms with Gasteiger partial charge in [-0.1, -0.05) is 26.0 Å². The fourth-order valence-electron chi connectivity index (χ4n) is 7.98. The number of sulfonamides is 1. The number of hydrogen-bond acceptors (Lipinski definition) is 11. The van der Waals surface area contributed by atoms with Gasteiger partial charge in [0.15, 0.2) is 17.6 Å². The fourth-order valence-corrected chi connectivity index (χ4v) is 9.29. The second-order valence-electron chi connectivity index (χ2n) is 16.5. The van der Waals surface area contributed by atoms with E-state index >= 15 is 0 Å². The van der Waals surface area contributed by atoms with Crippen LogP contribution in [0.1, 0.15) is 72.6 Å². The number of alkyl halides is 3. The molecule has 5 aliphatic rings. The zero-order chi connectivity index (χ0) is 41.8. The van der Waals surface area contributed by atoms with Crippen molar-refractivity contribution in [3.05, 3.63) is 36.5 Å². The molecule has 2 aliphatic carbocycles. The lowest BCUT2D eigenvalue weighted by atomic mass is 9.88. The van der Waals surface area contributed by atoms with Gasteiger partial charge in [-0.2, -0.15) is 13.2 Å². The number of amides is 4. The lowest BCUT2D eigenvalue weighted by molar-refractivity contribution is -0.197. The normalized spacial score (nSPS) is 30.1. The highest BCUT2D eigenvalue weighted by atomic mass is 32.2. The van der Waals surface area contributed by atoms with Crippen molar-refractivity contribution in [3.8, 4) is 17.4 Å². The molecule has 7 rings (SSSR count). The second-order valence-corrected chi connectivity index (χ2v) is 18.7. The third-order valence-electron chi connectivity index (χ3n) is 12.0. The molecular formula is C39H48F3N5O10S. The van der Waals surface area contributed by atoms with Crippen LogP contribution >= 0.6 is 0 Å². The third kappa shape index (κ3) is 8.23. The Bertz CT molecular complexity index is 2110. The fraction of sp³-hybridized carbons (Fsp3) is 0.615. The van der Waals surface area contributed by atoms with E-state index in [2.05, 4.69) is 25.1 Å². The molecule has 4 heterocycles. The van der Waals surface area contributed by atoms with Crippen molar-refractivity contribution in [2.45, 2.75) is 113 Å². The van der Waals surface area contributed by atoms with Gasteiger partial charge < -0.3 is 34.5 Å². The Morgan fingerprint density at radius 3 is 2.55 bits per heavy atom. The number of nitrogens with zero attached hydrogens (tertiary/aromatic N) is 2. The molecule has 19 heteroatoms. The summed E-state index contributed by atoms with van der Waals surface area (Å²) >= 11 is 0. The molecule has 8 atom stereocenters. The summed E-state index contributed by atoms with van der Waals surface area (Å²) in [7, 11) is -4.08. The van der Waals surface area contributed by atoms with Crippen LogP contribution in [-0.4, -0.2) is 103 Å². The van der Waals surface area contributed by atoms with Crippen molar-refractivity contribution in [1.29, 1.82) is 0 Å². The molecule has 8 unspecified atom stereocenters. The van der Waals surface area contributed by atoms with Gasteiger partial charge in [-0.25, -0.2) is 18.2 Å². The van der Waals surface area contributed by atoms with Gasteiger partial charge in [-0.3, -0.25) is 19.1 Å². The van der Waals surface area contributed by atoms with E-state index in [0.717, 1.165) is 0 Å². The number of carbonyl (C=O) groups excluding carboxylic acids is 4. The summed E-state index contributed by atoms with van der Waals surface area (Å²) in [6, 6.07) is 2.44. The molecule has 316 valence electrons. The van der Waals surface area contributed by atoms with Crippen LogP contribution in [0.2, 0.25) is 0 Å². The molecule has 1 saturated heterocycles. The number of alkyl carbamates (subject to hydrolysis) is 1. The Kier molecular flexibility index (Phi) is 11.0. The van der Waals surface area contributed by atoms with Crippen molar-refractivity contribution >= 4 is 44.6 Å². The van der Waals surface area contributed by atoms with Crippen LogP contribution in [0.5, 0.6) is 17.4 Å². The van der Waals surface area contributed by atoms with E-state index in [4.69, 9.17) is 14.2 Å². The molecule has 0 spiro atoms. The van der Waals surface area contributed by atoms with E-state index < -0.39 is 86.4 Å². The first kappa shape index (κ1) is 41.4. The molecule has 0 radical (unpaired) electrons. The molecule has 1 aromatic carbocycles. The molecule has 3 N–H and O–H groups in total. The van der Waals surface area contributed by atoms with Crippen LogP contribution in [0.4, 0.5) is 18.0 Å². The number of pyridine rings is 1. The van der Waals surface area contributed by atoms with E-state index in [1.807, 2.05) is 13.0 Å². The van der Waals surface area contributed by atoms with Crippen molar-refractivity contribution in [3.63, 3.8) is 0 Å². The number of hydrogen-bond donors (Lipinski definition) is 3. The molecule has 1 aromatic heterocycles. The lowest BCUT2D eigenvalue weighted by Gasteiger charge is -2.33. The molecule has 58 heavy (non-hydrogen) atoms. The number of allylic oxidation sites excluding steroid dienone is 1. The maximum absolute atomic E-state index is 14.7. The summed E-state index contributed by atoms with van der Waals surface area (Å²) < 4.78 is 90.2. The molecule has 4 amide bonds. The van der Waals surface area contributed by atoms with Crippen molar-refractivity contribution in [1.82, 2.24) is 25.2 Å². The maximum Gasteiger partial charge on any atom is 0.425 e. The van der Waals surface area contributed by atoms with Crippen LogP contribution in [0.15, 0.2) is 36.5 Å². The Morgan fingerprint density at radius 1 is 1.09 bits per heavy atom. The second kappa shape index (κ2) is 15.4. The van der Waals surface area contributed by atoms with Crippen molar-refractivity contribution in [2.24, 2.45) is 17.8 Å². The van der Waals surface area contributed by atoms with Gasteiger partial charge in [0.05, 0.1) is 11.3 Å². The number of benzene rings is 1. The predicted molar refractivity (Wildman–Crippen MR) is 201 cm³/mol. The van der Waals surface area contributed by atoms with Gasteiger partial charge in [0.1, 0.15) is 36.9 Å². The SMILES string of the molecule is CC1CCC=CC2CC2(C(=O)NS(=O)(=O)C2(C)CC2)NC(=O)C2CC(Oc3nccc4c5c(ccc34)OCCO5)CN2C(=O)C(NC(=O)OC(C)C(F)(F)F)C(C)C1. The summed E-state index contributed by atoms with van der Waals surface area (Å²) in [5.74, 6) is -2.47. The number of nitrogens with one attached hydrogen (secondary N) is 3. The number of fused-ring (bicyclic) bond motifs is 5. The Balaban J connectivity index is 1.22. The summed E-state index contributed by atoms with van der Waals surface area (Å²) in [4.78, 5) is 61.7. The minimum atomic E-state index is -4.85. The number of halogens is 3. The summed E-state index contributed by atoms with van der Waals surface area (Å²) in [5.41, 5.74) is -1.65. The zero-order valence-corrected chi connectivity index (χ0v) is 33.4. The van der Waals surface area contributed by atoms with Gasteiger partial charge in [-0.15, -0.1) is 0 Å². The first-order valence-corrected chi connectivity index (χ1v) is 21.0. The summed E-state index contributed by atoms with van der Waals surface area (Å²) in [6.45, 7) is 6.31. The molecule has 2 saturated carbocycles. The smallest absolute Gasteiger partial charge is 0.425 e. The van der Waals surface area contributed by atoms with Gasteiger partial charge in [0.25, 0.3) is 5.91 Å². The van der Waals surface area contributed by atoms with Crippen molar-refractivity contribution < 1.29 is 59.7 Å². The molecule has 3 aliphatic heterocycles. The Hall–Kier alpha value is -4.81. The van der Waals surface area contributed by atoms with Crippen molar-refractivity contribution in [2.75, 3.05) is 19.8 Å². The average molecular weight is 836 g/mol. The van der Waals surface area contributed by atoms with E-state index in [1.54, 1.807) is 31.2 Å². The molecular weight excluding hydrogens is 788 g/mol. The largest absolute Gasteiger partial charge is 0.486 e. The monoisotopic (exact) mass is 835 g/mol. The number of rotatable bonds is 7. The highest BCUT2D eigenvalue weighted by molar-refractivity contribution is 7.91. The van der Waals surface area contributed by atoms with E-state index in [1.165, 1.54) is 18.0 Å². The molecule has 0 bridgehead atoms. The van der Waals surface area contributed by atoms with Crippen LogP contribution in [-0.2, 0) is 29.1 Å². The standard InChI is InChI=1S/C39H48F3N5O10S/c1-21-7-5-6-8-24-19-38(24,35(50)46-58(52,53)37(4)12-13-37)45-32(48)28-18-25(57-33-27-9-10-29-31(55-16-15-54-29)26(27)11-14-43-33)20-47(28)34(49)30(22(2)17-21)44-36(51)56-23(3)39(40,41)42/h6,8-11,14,21-25,28,30H,5,7,12-13,15-20H2,1-4H3,(H,44,51)(H,45,48)(H,46,50). The van der Waals surface area contributed by atoms with Crippen LogP contribution in [0.25, 0.3) is 10.8 Å². The van der Waals surface area contributed by atoms with Crippen LogP contribution in [0, 0.1) is 17.8 Å². The molecule has 2 aromatic rings. The van der Waals surface area contributed by atoms with Crippen LogP contribution < -0.4 is 29.6 Å². The quantitative estimate of drug-likeness (QED) is 0.338. The van der Waals surface area contributed by atoms with Gasteiger partial charge in [0.2, 0.25) is 27.7 Å². The van der Waals surface area contributed by atoms with Gasteiger partial charge in [0, 0.05) is 29.3 Å². The minimum Gasteiger partial charge on any atom is -0.486 e. The Morgan fingerprint density at radius 2 is 1.83 bits per heavy atom. The van der Waals surface area contributed by atoms with Crippen LogP contribution in [0.3, 0.4) is 0 Å². The summed E-state index contributed by atoms with van der Waals surface area (Å²) in [5, 5.41) is 6.36. The van der Waals surface area contributed by atoms with E-state index in [0.29, 0.717) is 74.5 Å². The maximum atomic E-state index is 14.7. The lowest BCUT2D eigenvalue weighted by Crippen LogP contribution is -2.59. The minimum absolute atomic E-state index is 0.0357.